The molecule has 0 saturated carbocycles. The van der Waals surface area contributed by atoms with Crippen LogP contribution in [0, 0.1) is 13.8 Å². The molecule has 122 valence electrons. The molecule has 1 saturated heterocycles. The Bertz CT molecular complexity index is 562. The zero-order chi connectivity index (χ0) is 16.3. The third-order valence-corrected chi connectivity index (χ3v) is 4.96. The molecule has 0 radical (unpaired) electrons. The quantitative estimate of drug-likeness (QED) is 0.837. The Hall–Kier alpha value is -1.60. The van der Waals surface area contributed by atoms with Crippen molar-refractivity contribution in [2.75, 3.05) is 25.0 Å². The summed E-state index contributed by atoms with van der Waals surface area (Å²) in [6, 6.07) is -0.237. The molecular formula is C15H22N2O4S. The molecule has 0 atom stereocenters. The number of aryl methyl sites for hydroxylation is 1. The van der Waals surface area contributed by atoms with E-state index in [9.17, 15) is 14.7 Å². The molecule has 0 bridgehead atoms. The molecule has 0 aromatic carbocycles. The number of ether oxygens (including phenoxy) is 1. The first-order valence-electron chi connectivity index (χ1n) is 7.45. The Balaban J connectivity index is 2.13. The molecule has 6 nitrogen and oxygen atoms in total. The van der Waals surface area contributed by atoms with Crippen molar-refractivity contribution in [3.63, 3.8) is 0 Å². The maximum absolute atomic E-state index is 12.3. The van der Waals surface area contributed by atoms with Crippen molar-refractivity contribution in [3.8, 4) is 0 Å². The second kappa shape index (κ2) is 7.11. The van der Waals surface area contributed by atoms with Gasteiger partial charge in [-0.15, -0.1) is 11.3 Å². The summed E-state index contributed by atoms with van der Waals surface area (Å²) in [6.07, 6.45) is 0.840. The lowest BCUT2D eigenvalue weighted by Crippen LogP contribution is -2.42. The number of likely N-dealkylation sites (tertiary alicyclic amines) is 1. The lowest BCUT2D eigenvalue weighted by Gasteiger charge is -2.29. The van der Waals surface area contributed by atoms with E-state index in [-0.39, 0.29) is 12.1 Å². The van der Waals surface area contributed by atoms with E-state index in [1.165, 1.54) is 11.3 Å². The minimum atomic E-state index is -0.409. The number of rotatable bonds is 3. The number of hydrogen-bond acceptors (Lipinski definition) is 5. The van der Waals surface area contributed by atoms with Crippen LogP contribution < -0.4 is 5.32 Å². The summed E-state index contributed by atoms with van der Waals surface area (Å²) < 4.78 is 5.07. The molecule has 2 N–H and O–H groups in total. The highest BCUT2D eigenvalue weighted by Gasteiger charge is 2.25. The maximum Gasteiger partial charge on any atom is 0.341 e. The number of esters is 1. The van der Waals surface area contributed by atoms with Crippen LogP contribution in [0.25, 0.3) is 0 Å². The van der Waals surface area contributed by atoms with Crippen molar-refractivity contribution in [1.29, 1.82) is 0 Å². The van der Waals surface area contributed by atoms with E-state index in [1.54, 1.807) is 11.8 Å². The molecule has 1 fully saturated rings. The first kappa shape index (κ1) is 16.8. The van der Waals surface area contributed by atoms with Gasteiger partial charge in [-0.05, 0) is 39.2 Å². The maximum atomic E-state index is 12.3. The summed E-state index contributed by atoms with van der Waals surface area (Å²) in [5, 5.41) is 12.8. The number of piperidine rings is 1. The van der Waals surface area contributed by atoms with Gasteiger partial charge in [0.1, 0.15) is 5.00 Å². The number of nitrogens with zero attached hydrogens (tertiary/aromatic N) is 1. The third kappa shape index (κ3) is 3.59. The van der Waals surface area contributed by atoms with Gasteiger partial charge in [0.05, 0.1) is 18.3 Å². The lowest BCUT2D eigenvalue weighted by molar-refractivity contribution is 0.0527. The van der Waals surface area contributed by atoms with Gasteiger partial charge in [0, 0.05) is 18.0 Å². The fourth-order valence-corrected chi connectivity index (χ4v) is 3.45. The largest absolute Gasteiger partial charge is 0.462 e. The van der Waals surface area contributed by atoms with E-state index in [2.05, 4.69) is 5.32 Å². The van der Waals surface area contributed by atoms with Crippen molar-refractivity contribution in [2.45, 2.75) is 39.7 Å². The summed E-state index contributed by atoms with van der Waals surface area (Å²) in [4.78, 5) is 27.0. The average Bonchev–Trinajstić information content (AvgIpc) is 2.74. The molecule has 1 aromatic rings. The molecule has 0 spiro atoms. The van der Waals surface area contributed by atoms with Gasteiger partial charge in [0.25, 0.3) is 0 Å². The second-order valence-corrected chi connectivity index (χ2v) is 6.58. The van der Waals surface area contributed by atoms with Gasteiger partial charge in [0.2, 0.25) is 0 Å². The Kier molecular flexibility index (Phi) is 5.42. The Morgan fingerprint density at radius 1 is 1.36 bits per heavy atom. The van der Waals surface area contributed by atoms with Gasteiger partial charge < -0.3 is 14.7 Å². The van der Waals surface area contributed by atoms with E-state index in [4.69, 9.17) is 4.74 Å². The number of carbonyl (C=O) groups is 2. The molecule has 0 unspecified atom stereocenters. The topological polar surface area (TPSA) is 78.9 Å². The Morgan fingerprint density at radius 2 is 2.00 bits per heavy atom. The van der Waals surface area contributed by atoms with Crippen LogP contribution in [0.3, 0.4) is 0 Å². The predicted molar refractivity (Wildman–Crippen MR) is 85.6 cm³/mol. The number of aliphatic hydroxyl groups excluding tert-OH is 1. The summed E-state index contributed by atoms with van der Waals surface area (Å²) in [6.45, 7) is 6.85. The van der Waals surface area contributed by atoms with Crippen molar-refractivity contribution in [1.82, 2.24) is 4.90 Å². The Labute approximate surface area is 134 Å². The molecule has 0 aliphatic carbocycles. The second-order valence-electron chi connectivity index (χ2n) is 5.36. The third-order valence-electron chi connectivity index (χ3n) is 3.84. The smallest absolute Gasteiger partial charge is 0.341 e. The number of nitrogens with one attached hydrogen (secondary N) is 1. The highest BCUT2D eigenvalue weighted by Crippen LogP contribution is 2.33. The first-order valence-corrected chi connectivity index (χ1v) is 8.26. The van der Waals surface area contributed by atoms with Crippen molar-refractivity contribution in [3.05, 3.63) is 16.0 Å². The summed E-state index contributed by atoms with van der Waals surface area (Å²) in [5.41, 5.74) is 1.28. The number of aliphatic hydroxyl groups is 1. The summed E-state index contributed by atoms with van der Waals surface area (Å²) in [5.74, 6) is -0.409. The zero-order valence-corrected chi connectivity index (χ0v) is 14.0. The SMILES string of the molecule is CCOC(=O)c1c(NC(=O)N2CCC(O)CC2)sc(C)c1C. The van der Waals surface area contributed by atoms with Gasteiger partial charge in [-0.25, -0.2) is 9.59 Å². The van der Waals surface area contributed by atoms with E-state index >= 15 is 0 Å². The Morgan fingerprint density at radius 3 is 2.59 bits per heavy atom. The molecule has 1 aliphatic heterocycles. The molecule has 1 aliphatic rings. The normalized spacial score (nSPS) is 15.7. The van der Waals surface area contributed by atoms with Crippen LogP contribution in [0.4, 0.5) is 9.80 Å². The van der Waals surface area contributed by atoms with Crippen LogP contribution in [0.5, 0.6) is 0 Å². The van der Waals surface area contributed by atoms with E-state index < -0.39 is 5.97 Å². The monoisotopic (exact) mass is 326 g/mol. The van der Waals surface area contributed by atoms with Crippen LogP contribution in [-0.2, 0) is 4.74 Å². The lowest BCUT2D eigenvalue weighted by atomic mass is 10.1. The average molecular weight is 326 g/mol. The van der Waals surface area contributed by atoms with Crippen molar-refractivity contribution < 1.29 is 19.4 Å². The zero-order valence-electron chi connectivity index (χ0n) is 13.1. The molecular weight excluding hydrogens is 304 g/mol. The molecule has 1 aromatic heterocycles. The summed E-state index contributed by atoms with van der Waals surface area (Å²) >= 11 is 1.38. The minimum absolute atomic E-state index is 0.237. The van der Waals surface area contributed by atoms with E-state index in [1.807, 2.05) is 13.8 Å². The molecule has 2 amide bonds. The van der Waals surface area contributed by atoms with Crippen LogP contribution in [0.15, 0.2) is 0 Å². The van der Waals surface area contributed by atoms with E-state index in [0.29, 0.717) is 43.1 Å². The molecule has 7 heteroatoms. The number of urea groups is 1. The highest BCUT2D eigenvalue weighted by molar-refractivity contribution is 7.16. The van der Waals surface area contributed by atoms with Gasteiger partial charge in [-0.3, -0.25) is 5.32 Å². The van der Waals surface area contributed by atoms with Crippen molar-refractivity contribution >= 4 is 28.3 Å². The molecule has 22 heavy (non-hydrogen) atoms. The molecule has 2 rings (SSSR count). The number of hydrogen-bond donors (Lipinski definition) is 2. The van der Waals surface area contributed by atoms with Crippen LogP contribution in [0.1, 0.15) is 40.6 Å². The fourth-order valence-electron chi connectivity index (χ4n) is 2.41. The van der Waals surface area contributed by atoms with Crippen LogP contribution in [-0.4, -0.2) is 47.8 Å². The van der Waals surface area contributed by atoms with Crippen LogP contribution in [0.2, 0.25) is 0 Å². The first-order chi connectivity index (χ1) is 10.4. The fraction of sp³-hybridized carbons (Fsp3) is 0.600. The van der Waals surface area contributed by atoms with Gasteiger partial charge in [0.15, 0.2) is 0 Å². The number of anilines is 1. The highest BCUT2D eigenvalue weighted by atomic mass is 32.1. The summed E-state index contributed by atoms with van der Waals surface area (Å²) in [7, 11) is 0. The minimum Gasteiger partial charge on any atom is -0.462 e. The number of thiophene rings is 1. The van der Waals surface area contributed by atoms with E-state index in [0.717, 1.165) is 10.4 Å². The standard InChI is InChI=1S/C15H22N2O4S/c1-4-21-14(19)12-9(2)10(3)22-13(12)16-15(20)17-7-5-11(18)6-8-17/h11,18H,4-8H2,1-3H3,(H,16,20). The molecule has 2 heterocycles. The predicted octanol–water partition coefficient (Wildman–Crippen LogP) is 2.53. The number of amides is 2. The van der Waals surface area contributed by atoms with Gasteiger partial charge in [-0.1, -0.05) is 0 Å². The van der Waals surface area contributed by atoms with Crippen molar-refractivity contribution in [2.24, 2.45) is 0 Å². The van der Waals surface area contributed by atoms with Gasteiger partial charge >= 0.3 is 12.0 Å². The van der Waals surface area contributed by atoms with Crippen LogP contribution >= 0.6 is 11.3 Å². The van der Waals surface area contributed by atoms with Gasteiger partial charge in [-0.2, -0.15) is 0 Å². The number of carbonyl (C=O) groups excluding carboxylic acids is 2.